The van der Waals surface area contributed by atoms with E-state index in [1.165, 1.54) is 0 Å². The number of allylic oxidation sites excluding steroid dienone is 1. The molecule has 0 saturated heterocycles. The first-order valence-electron chi connectivity index (χ1n) is 1.26. The smallest absolute Gasteiger partial charge is 0.409 e. The molecule has 2 N–H and O–H groups in total. The van der Waals surface area contributed by atoms with Gasteiger partial charge in [-0.25, -0.2) is 0 Å². The van der Waals surface area contributed by atoms with Crippen molar-refractivity contribution in [2.24, 2.45) is 0 Å². The van der Waals surface area contributed by atoms with Gasteiger partial charge in [-0.05, 0) is 0 Å². The second kappa shape index (κ2) is 11.3. The molecule has 0 fully saturated rings. The fourth-order valence-electron chi connectivity index (χ4n) is 0. The summed E-state index contributed by atoms with van der Waals surface area (Å²) < 4.78 is 32.0. The van der Waals surface area contributed by atoms with Gasteiger partial charge in [0.15, 0.2) is 0 Å². The quantitative estimate of drug-likeness (QED) is 0.490. The van der Waals surface area contributed by atoms with Crippen LogP contribution < -0.4 is 0 Å². The highest BCUT2D eigenvalue weighted by molar-refractivity contribution is 4.75. The van der Waals surface area contributed by atoms with Crippen molar-refractivity contribution in [3.63, 3.8) is 0 Å². The van der Waals surface area contributed by atoms with E-state index in [4.69, 9.17) is 0 Å². The highest BCUT2D eigenvalue weighted by Gasteiger charge is 2.19. The van der Waals surface area contributed by atoms with Gasteiger partial charge in [-0.2, -0.15) is 13.2 Å². The molecule has 0 amide bonds. The summed E-state index contributed by atoms with van der Waals surface area (Å²) in [6, 6.07) is 0. The average Bonchev–Trinajstić information content (AvgIpc) is 1.35. The lowest BCUT2D eigenvalue weighted by molar-refractivity contribution is -0.0795. The normalized spacial score (nSPS) is 6.70. The van der Waals surface area contributed by atoms with Crippen LogP contribution in [0.25, 0.3) is 0 Å². The molecule has 0 rings (SSSR count). The van der Waals surface area contributed by atoms with Crippen molar-refractivity contribution in [3.05, 3.63) is 12.7 Å². The Morgan fingerprint density at radius 2 is 1.10 bits per heavy atom. The van der Waals surface area contributed by atoms with Gasteiger partial charge in [0.2, 0.25) is 0 Å². The van der Waals surface area contributed by atoms with E-state index in [0.717, 1.165) is 0 Å². The highest BCUT2D eigenvalue weighted by atomic mass is 19.4. The number of hydrogen-bond donors (Lipinski definition) is 0. The van der Waals surface area contributed by atoms with Crippen LogP contribution in [0.1, 0.15) is 22.3 Å². The van der Waals surface area contributed by atoms with E-state index in [1.807, 2.05) is 0 Å². The third kappa shape index (κ3) is 50.9. The summed E-state index contributed by atoms with van der Waals surface area (Å²) in [7, 11) is 0. The third-order valence-electron chi connectivity index (χ3n) is 0.231. The van der Waals surface area contributed by atoms with Crippen LogP contribution in [0.4, 0.5) is 13.2 Å². The molecule has 68 valence electrons. The first-order valence-corrected chi connectivity index (χ1v) is 1.26. The van der Waals surface area contributed by atoms with Crippen molar-refractivity contribution < 1.29 is 18.6 Å². The van der Waals surface area contributed by atoms with Gasteiger partial charge in [0.1, 0.15) is 0 Å². The van der Waals surface area contributed by atoms with Gasteiger partial charge in [0, 0.05) is 6.08 Å². The van der Waals surface area contributed by atoms with Crippen LogP contribution >= 0.6 is 0 Å². The molecule has 0 aliphatic heterocycles. The Balaban J connectivity index is -0.0000000208. The van der Waals surface area contributed by atoms with Crippen LogP contribution in [0.5, 0.6) is 0 Å². The second-order valence-electron chi connectivity index (χ2n) is 0.746. The van der Waals surface area contributed by atoms with E-state index in [-0.39, 0.29) is 33.8 Å². The van der Waals surface area contributed by atoms with E-state index in [9.17, 15) is 13.2 Å². The zero-order valence-corrected chi connectivity index (χ0v) is 3.42. The Morgan fingerprint density at radius 3 is 1.10 bits per heavy atom. The summed E-state index contributed by atoms with van der Waals surface area (Å²) in [6.07, 6.45) is -4.26. The fourth-order valence-corrected chi connectivity index (χ4v) is 0. The van der Waals surface area contributed by atoms with E-state index in [2.05, 4.69) is 6.58 Å². The summed E-state index contributed by atoms with van der Waals surface area (Å²) in [5, 5.41) is 0. The van der Waals surface area contributed by atoms with Crippen LogP contribution in [0.3, 0.4) is 0 Å². The second-order valence-corrected chi connectivity index (χ2v) is 0.746. The maximum Gasteiger partial charge on any atom is 0.409 e. The van der Waals surface area contributed by atoms with E-state index >= 15 is 0 Å². The molecule has 0 aromatic carbocycles. The summed E-state index contributed by atoms with van der Waals surface area (Å²) >= 11 is 0. The van der Waals surface area contributed by atoms with Gasteiger partial charge in [-0.3, -0.25) is 0 Å². The molecule has 0 bridgehead atoms. The molecule has 0 spiro atoms. The molecule has 1 nitrogen and oxygen atoms in total. The van der Waals surface area contributed by atoms with Crippen LogP contribution in [0.15, 0.2) is 12.7 Å². The van der Waals surface area contributed by atoms with Crippen molar-refractivity contribution >= 4 is 0 Å². The molecule has 10 heavy (non-hydrogen) atoms. The average molecular weight is 162 g/mol. The van der Waals surface area contributed by atoms with E-state index in [1.54, 1.807) is 0 Å². The summed E-state index contributed by atoms with van der Waals surface area (Å²) in [5.41, 5.74) is 0. The van der Waals surface area contributed by atoms with Crippen molar-refractivity contribution in [1.82, 2.24) is 0 Å². The molecule has 0 aliphatic carbocycles. The lowest BCUT2D eigenvalue weighted by Gasteiger charge is -1.91. The monoisotopic (exact) mass is 162 g/mol. The SMILES string of the molecule is C.C.C.C=CC(F)(F)F.O. The first kappa shape index (κ1) is 33.9. The van der Waals surface area contributed by atoms with Crippen LogP contribution in [0, 0.1) is 0 Å². The van der Waals surface area contributed by atoms with Gasteiger partial charge in [-0.1, -0.05) is 28.9 Å². The molecule has 0 atom stereocenters. The number of halogens is 3. The minimum atomic E-state index is -4.19. The molecular formula is C6H17F3O. The highest BCUT2D eigenvalue weighted by Crippen LogP contribution is 2.13. The summed E-state index contributed by atoms with van der Waals surface area (Å²) in [6.45, 7) is 2.51. The van der Waals surface area contributed by atoms with Crippen LogP contribution in [-0.2, 0) is 0 Å². The molecule has 0 unspecified atom stereocenters. The predicted molar refractivity (Wildman–Crippen MR) is 40.1 cm³/mol. The Morgan fingerprint density at radius 1 is 1.00 bits per heavy atom. The maximum atomic E-state index is 10.7. The Kier molecular flexibility index (Phi) is 38.4. The van der Waals surface area contributed by atoms with Gasteiger partial charge < -0.3 is 5.48 Å². The zero-order valence-electron chi connectivity index (χ0n) is 3.42. The number of hydrogen-bond acceptors (Lipinski definition) is 0. The van der Waals surface area contributed by atoms with Gasteiger partial charge in [0.25, 0.3) is 0 Å². The molecular weight excluding hydrogens is 145 g/mol. The minimum absolute atomic E-state index is 0. The molecule has 0 aromatic heterocycles. The molecule has 4 heteroatoms. The first-order chi connectivity index (χ1) is 2.56. The molecule has 0 radical (unpaired) electrons. The summed E-state index contributed by atoms with van der Waals surface area (Å²) in [4.78, 5) is 0. The van der Waals surface area contributed by atoms with Crippen LogP contribution in [0.2, 0.25) is 0 Å². The minimum Gasteiger partial charge on any atom is -0.412 e. The largest absolute Gasteiger partial charge is 0.412 e. The predicted octanol–water partition coefficient (Wildman–Crippen LogP) is 2.82. The molecule has 0 saturated carbocycles. The Labute approximate surface area is 60.9 Å². The lowest BCUT2D eigenvalue weighted by atomic mass is 10.6. The Bertz CT molecular complexity index is 58.5. The summed E-state index contributed by atoms with van der Waals surface area (Å²) in [5.74, 6) is 0. The van der Waals surface area contributed by atoms with Crippen molar-refractivity contribution in [2.45, 2.75) is 28.5 Å². The third-order valence-corrected chi connectivity index (χ3v) is 0.231. The number of alkyl halides is 3. The van der Waals surface area contributed by atoms with Gasteiger partial charge >= 0.3 is 6.18 Å². The molecule has 0 heterocycles. The molecule has 0 aromatic rings. The van der Waals surface area contributed by atoms with Gasteiger partial charge in [-0.15, -0.1) is 0 Å². The zero-order chi connectivity index (χ0) is 5.21. The van der Waals surface area contributed by atoms with Gasteiger partial charge in [0.05, 0.1) is 0 Å². The lowest BCUT2D eigenvalue weighted by Crippen LogP contribution is -1.98. The maximum absolute atomic E-state index is 10.7. The van der Waals surface area contributed by atoms with Crippen molar-refractivity contribution in [2.75, 3.05) is 0 Å². The van der Waals surface area contributed by atoms with Crippen molar-refractivity contribution in [1.29, 1.82) is 0 Å². The topological polar surface area (TPSA) is 31.5 Å². The molecule has 0 aliphatic rings. The van der Waals surface area contributed by atoms with Crippen molar-refractivity contribution in [3.8, 4) is 0 Å². The van der Waals surface area contributed by atoms with Crippen LogP contribution in [-0.4, -0.2) is 11.7 Å². The number of rotatable bonds is 0. The van der Waals surface area contributed by atoms with E-state index < -0.39 is 6.18 Å². The standard InChI is InChI=1S/C3H3F3.3CH4.H2O/c1-2-3(4,5)6;;;;/h2H,1H2;3*1H4;1H2. The van der Waals surface area contributed by atoms with E-state index in [0.29, 0.717) is 0 Å². The fraction of sp³-hybridized carbons (Fsp3) is 0.667. The Hall–Kier alpha value is -0.510.